The molecule has 82 valence electrons. The molecule has 0 heterocycles. The van der Waals surface area contributed by atoms with Gasteiger partial charge in [-0.15, -0.1) is 11.6 Å². The predicted octanol–water partition coefficient (Wildman–Crippen LogP) is 1.71. The van der Waals surface area contributed by atoms with Gasteiger partial charge in [0, 0.05) is 11.6 Å². The smallest absolute Gasteiger partial charge is 0.179 e. The highest BCUT2D eigenvalue weighted by Gasteiger charge is 2.14. The maximum absolute atomic E-state index is 11.4. The standard InChI is InChI=1S/C10H12ClNO3/c1-14-6-3-7(8(13)5-11)10(12)9(4-6)15-2/h3-4H,5,12H2,1-2H3. The molecule has 0 saturated heterocycles. The summed E-state index contributed by atoms with van der Waals surface area (Å²) >= 11 is 5.46. The highest BCUT2D eigenvalue weighted by atomic mass is 35.5. The van der Waals surface area contributed by atoms with E-state index in [9.17, 15) is 4.79 Å². The van der Waals surface area contributed by atoms with Crippen molar-refractivity contribution in [2.75, 3.05) is 25.8 Å². The van der Waals surface area contributed by atoms with Crippen LogP contribution in [-0.4, -0.2) is 25.9 Å². The summed E-state index contributed by atoms with van der Waals surface area (Å²) in [5.74, 6) is 0.532. The largest absolute Gasteiger partial charge is 0.497 e. The van der Waals surface area contributed by atoms with Gasteiger partial charge in [0.05, 0.1) is 25.8 Å². The average molecular weight is 230 g/mol. The summed E-state index contributed by atoms with van der Waals surface area (Å²) < 4.78 is 10.0. The number of nitrogens with two attached hydrogens (primary N) is 1. The highest BCUT2D eigenvalue weighted by molar-refractivity contribution is 6.31. The van der Waals surface area contributed by atoms with Crippen molar-refractivity contribution in [3.05, 3.63) is 17.7 Å². The second-order valence-electron chi connectivity index (χ2n) is 2.85. The molecule has 0 radical (unpaired) electrons. The van der Waals surface area contributed by atoms with E-state index in [0.29, 0.717) is 17.1 Å². The zero-order valence-corrected chi connectivity index (χ0v) is 9.30. The quantitative estimate of drug-likeness (QED) is 0.485. The van der Waals surface area contributed by atoms with Gasteiger partial charge in [-0.05, 0) is 6.07 Å². The molecule has 0 aliphatic heterocycles. The Hall–Kier alpha value is -1.42. The van der Waals surface area contributed by atoms with Gasteiger partial charge in [0.15, 0.2) is 5.78 Å². The number of Topliss-reactive ketones (excluding diaryl/α,β-unsaturated/α-hetero) is 1. The van der Waals surface area contributed by atoms with E-state index in [1.807, 2.05) is 0 Å². The Labute approximate surface area is 92.9 Å². The van der Waals surface area contributed by atoms with E-state index >= 15 is 0 Å². The second-order valence-corrected chi connectivity index (χ2v) is 3.11. The van der Waals surface area contributed by atoms with Gasteiger partial charge in [-0.3, -0.25) is 4.79 Å². The van der Waals surface area contributed by atoms with Gasteiger partial charge in [0.25, 0.3) is 0 Å². The third-order valence-corrected chi connectivity index (χ3v) is 2.24. The summed E-state index contributed by atoms with van der Waals surface area (Å²) in [4.78, 5) is 11.4. The molecule has 5 heteroatoms. The number of halogens is 1. The van der Waals surface area contributed by atoms with Crippen LogP contribution in [0.15, 0.2) is 12.1 Å². The van der Waals surface area contributed by atoms with Gasteiger partial charge in [-0.1, -0.05) is 0 Å². The number of carbonyl (C=O) groups is 1. The van der Waals surface area contributed by atoms with Crippen molar-refractivity contribution < 1.29 is 14.3 Å². The molecule has 0 fully saturated rings. The molecule has 1 rings (SSSR count). The fourth-order valence-corrected chi connectivity index (χ4v) is 1.33. The van der Waals surface area contributed by atoms with E-state index in [1.54, 1.807) is 12.1 Å². The Bertz CT molecular complexity index is 379. The summed E-state index contributed by atoms with van der Waals surface area (Å²) in [7, 11) is 2.97. The third kappa shape index (κ3) is 2.33. The van der Waals surface area contributed by atoms with Gasteiger partial charge >= 0.3 is 0 Å². The number of ether oxygens (including phenoxy) is 2. The van der Waals surface area contributed by atoms with E-state index in [4.69, 9.17) is 26.8 Å². The maximum Gasteiger partial charge on any atom is 0.179 e. The molecule has 0 aliphatic carbocycles. The summed E-state index contributed by atoms with van der Waals surface area (Å²) in [6.07, 6.45) is 0. The Morgan fingerprint density at radius 3 is 2.53 bits per heavy atom. The van der Waals surface area contributed by atoms with Crippen LogP contribution in [0.3, 0.4) is 0 Å². The fourth-order valence-electron chi connectivity index (χ4n) is 1.19. The van der Waals surface area contributed by atoms with Gasteiger partial charge in [-0.2, -0.15) is 0 Å². The van der Waals surface area contributed by atoms with Crippen LogP contribution in [0.5, 0.6) is 11.5 Å². The van der Waals surface area contributed by atoms with Crippen LogP contribution in [0.25, 0.3) is 0 Å². The van der Waals surface area contributed by atoms with Gasteiger partial charge in [0.2, 0.25) is 0 Å². The van der Waals surface area contributed by atoms with Crippen LogP contribution in [0, 0.1) is 0 Å². The number of rotatable bonds is 4. The molecule has 0 atom stereocenters. The molecular weight excluding hydrogens is 218 g/mol. The number of hydrogen-bond acceptors (Lipinski definition) is 4. The van der Waals surface area contributed by atoms with Crippen molar-refractivity contribution >= 4 is 23.1 Å². The number of methoxy groups -OCH3 is 2. The molecule has 15 heavy (non-hydrogen) atoms. The number of anilines is 1. The zero-order valence-electron chi connectivity index (χ0n) is 8.54. The molecule has 4 nitrogen and oxygen atoms in total. The third-order valence-electron chi connectivity index (χ3n) is 1.99. The molecule has 0 amide bonds. The minimum Gasteiger partial charge on any atom is -0.497 e. The van der Waals surface area contributed by atoms with E-state index < -0.39 is 0 Å². The molecule has 1 aromatic carbocycles. The SMILES string of the molecule is COc1cc(OC)c(N)c(C(=O)CCl)c1. The van der Waals surface area contributed by atoms with Crippen LogP contribution < -0.4 is 15.2 Å². The number of benzene rings is 1. The van der Waals surface area contributed by atoms with Crippen LogP contribution in [0.2, 0.25) is 0 Å². The molecule has 0 aromatic heterocycles. The van der Waals surface area contributed by atoms with Gasteiger partial charge < -0.3 is 15.2 Å². The molecule has 0 spiro atoms. The van der Waals surface area contributed by atoms with Crippen molar-refractivity contribution in [3.8, 4) is 11.5 Å². The first-order chi connectivity index (χ1) is 7.13. The van der Waals surface area contributed by atoms with E-state index in [1.165, 1.54) is 14.2 Å². The summed E-state index contributed by atoms with van der Waals surface area (Å²) in [5, 5.41) is 0. The predicted molar refractivity (Wildman–Crippen MR) is 59.0 cm³/mol. The lowest BCUT2D eigenvalue weighted by molar-refractivity contribution is 0.102. The van der Waals surface area contributed by atoms with Crippen molar-refractivity contribution in [1.82, 2.24) is 0 Å². The molecule has 2 N–H and O–H groups in total. The number of carbonyl (C=O) groups excluding carboxylic acids is 1. The topological polar surface area (TPSA) is 61.6 Å². The van der Waals surface area contributed by atoms with Crippen molar-refractivity contribution in [2.24, 2.45) is 0 Å². The van der Waals surface area contributed by atoms with Crippen LogP contribution in [0.1, 0.15) is 10.4 Å². The van der Waals surface area contributed by atoms with Gasteiger partial charge in [0.1, 0.15) is 11.5 Å². The molecule has 1 aromatic rings. The first-order valence-electron chi connectivity index (χ1n) is 4.24. The van der Waals surface area contributed by atoms with E-state index in [-0.39, 0.29) is 17.4 Å². The Morgan fingerprint density at radius 2 is 2.07 bits per heavy atom. The number of nitrogen functional groups attached to an aromatic ring is 1. The summed E-state index contributed by atoms with van der Waals surface area (Å²) in [5.41, 5.74) is 6.34. The van der Waals surface area contributed by atoms with E-state index in [0.717, 1.165) is 0 Å². The monoisotopic (exact) mass is 229 g/mol. The molecule has 0 aliphatic rings. The number of alkyl halides is 1. The molecule has 0 unspecified atom stereocenters. The second kappa shape index (κ2) is 4.89. The molecular formula is C10H12ClNO3. The van der Waals surface area contributed by atoms with Crippen LogP contribution in [0.4, 0.5) is 5.69 Å². The molecule has 0 bridgehead atoms. The minimum absolute atomic E-state index is 0.124. The van der Waals surface area contributed by atoms with Gasteiger partial charge in [-0.25, -0.2) is 0 Å². The zero-order chi connectivity index (χ0) is 11.4. The van der Waals surface area contributed by atoms with E-state index in [2.05, 4.69) is 0 Å². The van der Waals surface area contributed by atoms with Crippen molar-refractivity contribution in [1.29, 1.82) is 0 Å². The average Bonchev–Trinajstić information content (AvgIpc) is 2.28. The first kappa shape index (κ1) is 11.7. The first-order valence-corrected chi connectivity index (χ1v) is 4.78. The lowest BCUT2D eigenvalue weighted by Gasteiger charge is -2.10. The van der Waals surface area contributed by atoms with Crippen molar-refractivity contribution in [3.63, 3.8) is 0 Å². The summed E-state index contributed by atoms with van der Waals surface area (Å²) in [6.45, 7) is 0. The minimum atomic E-state index is -0.258. The normalized spacial score (nSPS) is 9.80. The van der Waals surface area contributed by atoms with Crippen molar-refractivity contribution in [2.45, 2.75) is 0 Å². The lowest BCUT2D eigenvalue weighted by Crippen LogP contribution is -2.07. The Balaban J connectivity index is 3.30. The van der Waals surface area contributed by atoms with Crippen LogP contribution in [-0.2, 0) is 0 Å². The fraction of sp³-hybridized carbons (Fsp3) is 0.300. The number of hydrogen-bond donors (Lipinski definition) is 1. The summed E-state index contributed by atoms with van der Waals surface area (Å²) in [6, 6.07) is 3.16. The Morgan fingerprint density at radius 1 is 1.40 bits per heavy atom. The highest BCUT2D eigenvalue weighted by Crippen LogP contribution is 2.31. The Kier molecular flexibility index (Phi) is 3.80. The number of ketones is 1. The molecule has 0 saturated carbocycles. The lowest BCUT2D eigenvalue weighted by atomic mass is 10.1. The maximum atomic E-state index is 11.4. The van der Waals surface area contributed by atoms with Crippen LogP contribution >= 0.6 is 11.6 Å².